The van der Waals surface area contributed by atoms with Gasteiger partial charge < -0.3 is 14.4 Å². The van der Waals surface area contributed by atoms with E-state index in [1.165, 1.54) is 75.7 Å². The quantitative estimate of drug-likeness (QED) is 0.0964. The molecule has 6 heteroatoms. The average Bonchev–Trinajstić information content (AvgIpc) is 2.92. The zero-order chi connectivity index (χ0) is 27.3. The highest BCUT2D eigenvalue weighted by Gasteiger charge is 2.23. The van der Waals surface area contributed by atoms with Crippen LogP contribution in [0, 0.1) is 0 Å². The predicted octanol–water partition coefficient (Wildman–Crippen LogP) is 7.54. The van der Waals surface area contributed by atoms with E-state index in [9.17, 15) is 14.4 Å². The fourth-order valence-electron chi connectivity index (χ4n) is 4.11. The predicted molar refractivity (Wildman–Crippen MR) is 150 cm³/mol. The van der Waals surface area contributed by atoms with E-state index in [1.807, 2.05) is 4.90 Å². The first-order valence-electron chi connectivity index (χ1n) is 14.0. The largest absolute Gasteiger partial charge is 0.458 e. The number of unbranched alkanes of at least 4 members (excludes halogenated alkanes) is 10. The standard InChI is InChI=1S/C31H47NO5/c1-5-9-11-13-15-17-21-32(22-18-16-14-12-10-6-2)29(33)26-19-20-27(30(34)36-23-7-3)28(25-26)31(35)37-24-8-4/h7-8,19-20,25H,3-6,9-18,21-24H2,1-2H3. The van der Waals surface area contributed by atoms with Crippen molar-refractivity contribution in [1.82, 2.24) is 4.90 Å². The van der Waals surface area contributed by atoms with E-state index < -0.39 is 11.9 Å². The molecule has 0 atom stereocenters. The number of hydrogen-bond acceptors (Lipinski definition) is 5. The van der Waals surface area contributed by atoms with Crippen molar-refractivity contribution in [1.29, 1.82) is 0 Å². The van der Waals surface area contributed by atoms with Crippen LogP contribution in [-0.4, -0.2) is 49.0 Å². The summed E-state index contributed by atoms with van der Waals surface area (Å²) in [6, 6.07) is 4.51. The number of hydrogen-bond donors (Lipinski definition) is 0. The van der Waals surface area contributed by atoms with Gasteiger partial charge in [-0.25, -0.2) is 9.59 Å². The Morgan fingerprint density at radius 2 is 1.16 bits per heavy atom. The lowest BCUT2D eigenvalue weighted by Crippen LogP contribution is -2.33. The normalized spacial score (nSPS) is 10.5. The Bertz CT molecular complexity index is 832. The number of carbonyl (C=O) groups is 3. The van der Waals surface area contributed by atoms with Crippen LogP contribution in [0.25, 0.3) is 0 Å². The molecular weight excluding hydrogens is 466 g/mol. The summed E-state index contributed by atoms with van der Waals surface area (Å²) in [5.41, 5.74) is 0.439. The van der Waals surface area contributed by atoms with Crippen LogP contribution in [0.4, 0.5) is 0 Å². The van der Waals surface area contributed by atoms with Crippen molar-refractivity contribution in [2.45, 2.75) is 90.9 Å². The fourth-order valence-corrected chi connectivity index (χ4v) is 4.11. The highest BCUT2D eigenvalue weighted by molar-refractivity contribution is 6.05. The second-order valence-corrected chi connectivity index (χ2v) is 9.36. The van der Waals surface area contributed by atoms with Crippen molar-refractivity contribution in [3.8, 4) is 0 Å². The molecule has 0 bridgehead atoms. The molecule has 0 aliphatic rings. The molecule has 1 amide bonds. The molecule has 0 unspecified atom stereocenters. The Kier molecular flexibility index (Phi) is 17.5. The molecular formula is C31H47NO5. The van der Waals surface area contributed by atoms with E-state index in [1.54, 1.807) is 6.07 Å². The summed E-state index contributed by atoms with van der Waals surface area (Å²) < 4.78 is 10.3. The molecule has 1 aromatic rings. The molecule has 0 N–H and O–H groups in total. The van der Waals surface area contributed by atoms with E-state index in [2.05, 4.69) is 27.0 Å². The number of ether oxygens (including phenoxy) is 2. The van der Waals surface area contributed by atoms with Gasteiger partial charge in [-0.2, -0.15) is 0 Å². The maximum Gasteiger partial charge on any atom is 0.339 e. The number of carbonyl (C=O) groups excluding carboxylic acids is 3. The number of amides is 1. The van der Waals surface area contributed by atoms with Crippen LogP contribution in [0.2, 0.25) is 0 Å². The minimum absolute atomic E-state index is 0.000338. The van der Waals surface area contributed by atoms with Crippen LogP contribution < -0.4 is 0 Å². The van der Waals surface area contributed by atoms with Gasteiger partial charge in [0.1, 0.15) is 13.2 Å². The second kappa shape index (κ2) is 20.2. The molecule has 1 aromatic carbocycles. The Labute approximate surface area is 224 Å². The summed E-state index contributed by atoms with van der Waals surface area (Å²) in [6.45, 7) is 12.9. The average molecular weight is 514 g/mol. The van der Waals surface area contributed by atoms with Gasteiger partial charge in [-0.15, -0.1) is 0 Å². The number of nitrogens with zero attached hydrogens (tertiary/aromatic N) is 1. The lowest BCUT2D eigenvalue weighted by atomic mass is 10.0. The smallest absolute Gasteiger partial charge is 0.339 e. The molecule has 0 saturated heterocycles. The van der Waals surface area contributed by atoms with Gasteiger partial charge in [0.2, 0.25) is 0 Å². The van der Waals surface area contributed by atoms with Crippen molar-refractivity contribution in [2.24, 2.45) is 0 Å². The summed E-state index contributed by atoms with van der Waals surface area (Å²) in [5.74, 6) is -1.50. The van der Waals surface area contributed by atoms with Gasteiger partial charge in [-0.3, -0.25) is 4.79 Å². The molecule has 206 valence electrons. The van der Waals surface area contributed by atoms with Crippen LogP contribution in [0.1, 0.15) is 122 Å². The molecule has 0 saturated carbocycles. The molecule has 0 aliphatic carbocycles. The molecule has 0 aliphatic heterocycles. The maximum absolute atomic E-state index is 13.5. The van der Waals surface area contributed by atoms with Crippen LogP contribution in [0.15, 0.2) is 43.5 Å². The number of rotatable bonds is 21. The zero-order valence-electron chi connectivity index (χ0n) is 23.1. The topological polar surface area (TPSA) is 72.9 Å². The van der Waals surface area contributed by atoms with Gasteiger partial charge >= 0.3 is 11.9 Å². The summed E-state index contributed by atoms with van der Waals surface area (Å²) in [4.78, 5) is 40.7. The van der Waals surface area contributed by atoms with Crippen molar-refractivity contribution in [2.75, 3.05) is 26.3 Å². The van der Waals surface area contributed by atoms with E-state index in [-0.39, 0.29) is 30.2 Å². The third-order valence-electron chi connectivity index (χ3n) is 6.22. The van der Waals surface area contributed by atoms with Gasteiger partial charge in [-0.1, -0.05) is 103 Å². The molecule has 0 radical (unpaired) electrons. The monoisotopic (exact) mass is 513 g/mol. The van der Waals surface area contributed by atoms with Crippen LogP contribution in [0.5, 0.6) is 0 Å². The van der Waals surface area contributed by atoms with Crippen LogP contribution >= 0.6 is 0 Å². The number of esters is 2. The van der Waals surface area contributed by atoms with E-state index in [4.69, 9.17) is 9.47 Å². The highest BCUT2D eigenvalue weighted by Crippen LogP contribution is 2.18. The Morgan fingerprint density at radius 3 is 1.65 bits per heavy atom. The highest BCUT2D eigenvalue weighted by atomic mass is 16.5. The molecule has 0 heterocycles. The number of benzene rings is 1. The summed E-state index contributed by atoms with van der Waals surface area (Å²) in [5, 5.41) is 0. The fraction of sp³-hybridized carbons (Fsp3) is 0.581. The first kappa shape index (κ1) is 32.1. The second-order valence-electron chi connectivity index (χ2n) is 9.36. The first-order valence-corrected chi connectivity index (χ1v) is 14.0. The van der Waals surface area contributed by atoms with Gasteiger partial charge in [-0.05, 0) is 31.0 Å². The Balaban J connectivity index is 3.05. The van der Waals surface area contributed by atoms with Gasteiger partial charge in [0.15, 0.2) is 0 Å². The lowest BCUT2D eigenvalue weighted by molar-refractivity contribution is 0.0502. The summed E-state index contributed by atoms with van der Waals surface area (Å²) in [7, 11) is 0. The van der Waals surface area contributed by atoms with Crippen molar-refractivity contribution < 1.29 is 23.9 Å². The molecule has 0 spiro atoms. The lowest BCUT2D eigenvalue weighted by Gasteiger charge is -2.23. The van der Waals surface area contributed by atoms with Crippen molar-refractivity contribution in [3.05, 3.63) is 60.2 Å². The minimum Gasteiger partial charge on any atom is -0.458 e. The molecule has 1 rings (SSSR count). The van der Waals surface area contributed by atoms with Crippen LogP contribution in [0.3, 0.4) is 0 Å². The van der Waals surface area contributed by atoms with Crippen molar-refractivity contribution >= 4 is 17.8 Å². The summed E-state index contributed by atoms with van der Waals surface area (Å²) >= 11 is 0. The van der Waals surface area contributed by atoms with Gasteiger partial charge in [0.05, 0.1) is 11.1 Å². The third kappa shape index (κ3) is 12.8. The molecule has 0 aromatic heterocycles. The first-order chi connectivity index (χ1) is 18.0. The summed E-state index contributed by atoms with van der Waals surface area (Å²) in [6.07, 6.45) is 16.7. The van der Waals surface area contributed by atoms with Gasteiger partial charge in [0.25, 0.3) is 5.91 Å². The van der Waals surface area contributed by atoms with E-state index in [0.29, 0.717) is 18.7 Å². The molecule has 0 fully saturated rings. The van der Waals surface area contributed by atoms with Gasteiger partial charge in [0, 0.05) is 18.7 Å². The maximum atomic E-state index is 13.5. The molecule has 6 nitrogen and oxygen atoms in total. The SMILES string of the molecule is C=CCOC(=O)c1ccc(C(=O)N(CCCCCCCC)CCCCCCCC)cc1C(=O)OCC=C. The Morgan fingerprint density at radius 1 is 0.703 bits per heavy atom. The van der Waals surface area contributed by atoms with Crippen LogP contribution in [-0.2, 0) is 9.47 Å². The van der Waals surface area contributed by atoms with E-state index in [0.717, 1.165) is 25.7 Å². The minimum atomic E-state index is -0.696. The molecule has 37 heavy (non-hydrogen) atoms. The Hall–Kier alpha value is -2.89. The third-order valence-corrected chi connectivity index (χ3v) is 6.22. The van der Waals surface area contributed by atoms with E-state index >= 15 is 0 Å². The zero-order valence-corrected chi connectivity index (χ0v) is 23.1. The van der Waals surface area contributed by atoms with Crippen molar-refractivity contribution in [3.63, 3.8) is 0 Å².